The van der Waals surface area contributed by atoms with Gasteiger partial charge < -0.3 is 4.57 Å². The molecular formula is C11H13NOS. The van der Waals surface area contributed by atoms with E-state index in [0.717, 1.165) is 22.9 Å². The minimum Gasteiger partial charge on any atom is -0.317 e. The zero-order valence-corrected chi connectivity index (χ0v) is 9.23. The molecule has 0 amide bonds. The van der Waals surface area contributed by atoms with E-state index in [0.29, 0.717) is 0 Å². The van der Waals surface area contributed by atoms with Crippen LogP contribution >= 0.6 is 11.3 Å². The van der Waals surface area contributed by atoms with Crippen molar-refractivity contribution >= 4 is 21.4 Å². The van der Waals surface area contributed by atoms with Crippen molar-refractivity contribution in [3.05, 3.63) is 33.6 Å². The highest BCUT2D eigenvalue weighted by atomic mass is 32.1. The molecule has 0 bridgehead atoms. The van der Waals surface area contributed by atoms with Gasteiger partial charge in [0.15, 0.2) is 0 Å². The first-order valence-electron chi connectivity index (χ1n) is 4.79. The lowest BCUT2D eigenvalue weighted by Crippen LogP contribution is -2.14. The third-order valence-corrected chi connectivity index (χ3v) is 3.44. The van der Waals surface area contributed by atoms with E-state index < -0.39 is 0 Å². The summed E-state index contributed by atoms with van der Waals surface area (Å²) < 4.78 is 2.52. The first-order chi connectivity index (χ1) is 6.74. The van der Waals surface area contributed by atoms with Crippen molar-refractivity contribution in [3.63, 3.8) is 0 Å². The maximum atomic E-state index is 11.7. The summed E-state index contributed by atoms with van der Waals surface area (Å²) in [6.07, 6.45) is 4.03. The molecule has 2 aromatic rings. The molecule has 0 fully saturated rings. The summed E-state index contributed by atoms with van der Waals surface area (Å²) in [4.78, 5) is 11.7. The van der Waals surface area contributed by atoms with Crippen molar-refractivity contribution in [2.75, 3.05) is 0 Å². The molecule has 0 aliphatic heterocycles. The molecule has 2 aromatic heterocycles. The molecule has 0 aromatic carbocycles. The Morgan fingerprint density at radius 3 is 3.00 bits per heavy atom. The van der Waals surface area contributed by atoms with E-state index in [2.05, 4.69) is 12.3 Å². The Morgan fingerprint density at radius 1 is 1.50 bits per heavy atom. The molecule has 0 atom stereocenters. The van der Waals surface area contributed by atoms with Crippen LogP contribution in [0.5, 0.6) is 0 Å². The molecule has 2 nitrogen and oxygen atoms in total. The molecule has 2 rings (SSSR count). The molecule has 3 heteroatoms. The first-order valence-corrected chi connectivity index (χ1v) is 5.67. The van der Waals surface area contributed by atoms with Gasteiger partial charge in [-0.25, -0.2) is 0 Å². The molecule has 2 heterocycles. The van der Waals surface area contributed by atoms with E-state index in [-0.39, 0.29) is 5.56 Å². The van der Waals surface area contributed by atoms with E-state index in [1.807, 2.05) is 12.3 Å². The van der Waals surface area contributed by atoms with Gasteiger partial charge in [0.25, 0.3) is 5.56 Å². The second-order valence-electron chi connectivity index (χ2n) is 3.49. The number of hydrogen-bond donors (Lipinski definition) is 0. The van der Waals surface area contributed by atoms with Crippen LogP contribution in [0, 0.1) is 0 Å². The fourth-order valence-electron chi connectivity index (χ4n) is 1.63. The number of aromatic nitrogens is 1. The summed E-state index contributed by atoms with van der Waals surface area (Å²) in [6, 6.07) is 2.04. The molecule has 0 radical (unpaired) electrons. The van der Waals surface area contributed by atoms with E-state index in [1.165, 1.54) is 5.56 Å². The Kier molecular flexibility index (Phi) is 2.42. The maximum Gasteiger partial charge on any atom is 0.268 e. The fourth-order valence-corrected chi connectivity index (χ4v) is 2.70. The van der Waals surface area contributed by atoms with Crippen LogP contribution in [0.3, 0.4) is 0 Å². The van der Waals surface area contributed by atoms with E-state index >= 15 is 0 Å². The lowest BCUT2D eigenvalue weighted by molar-refractivity contribution is 0.874. The smallest absolute Gasteiger partial charge is 0.268 e. The van der Waals surface area contributed by atoms with Crippen LogP contribution in [0.1, 0.15) is 18.9 Å². The third kappa shape index (κ3) is 1.38. The molecule has 0 aliphatic carbocycles. The lowest BCUT2D eigenvalue weighted by atomic mass is 10.1. The summed E-state index contributed by atoms with van der Waals surface area (Å²) in [5.41, 5.74) is 1.43. The Balaban J connectivity index is 2.71. The van der Waals surface area contributed by atoms with Gasteiger partial charge >= 0.3 is 0 Å². The molecule has 0 aliphatic rings. The van der Waals surface area contributed by atoms with Crippen LogP contribution in [0.15, 0.2) is 22.4 Å². The second kappa shape index (κ2) is 3.58. The summed E-state index contributed by atoms with van der Waals surface area (Å²) >= 11 is 1.56. The van der Waals surface area contributed by atoms with Crippen molar-refractivity contribution in [3.8, 4) is 0 Å². The molecule has 0 spiro atoms. The Hall–Kier alpha value is -1.09. The van der Waals surface area contributed by atoms with Crippen LogP contribution in [-0.2, 0) is 13.5 Å². The predicted molar refractivity (Wildman–Crippen MR) is 61.1 cm³/mol. The predicted octanol–water partition coefficient (Wildman–Crippen LogP) is 2.55. The van der Waals surface area contributed by atoms with Crippen molar-refractivity contribution in [1.29, 1.82) is 0 Å². The average molecular weight is 207 g/mol. The lowest BCUT2D eigenvalue weighted by Gasteiger charge is -1.98. The number of thiophene rings is 1. The highest BCUT2D eigenvalue weighted by Crippen LogP contribution is 2.23. The molecule has 0 saturated heterocycles. The summed E-state index contributed by atoms with van der Waals surface area (Å²) in [7, 11) is 1.79. The van der Waals surface area contributed by atoms with Gasteiger partial charge in [0.1, 0.15) is 0 Å². The topological polar surface area (TPSA) is 22.0 Å². The van der Waals surface area contributed by atoms with E-state index in [1.54, 1.807) is 23.0 Å². The molecule has 0 unspecified atom stereocenters. The first kappa shape index (κ1) is 9.46. The monoisotopic (exact) mass is 207 g/mol. The molecule has 0 N–H and O–H groups in total. The molecule has 0 saturated carbocycles. The van der Waals surface area contributed by atoms with E-state index in [9.17, 15) is 4.79 Å². The average Bonchev–Trinajstić information content (AvgIpc) is 2.57. The van der Waals surface area contributed by atoms with Crippen molar-refractivity contribution in [1.82, 2.24) is 4.57 Å². The minimum atomic E-state index is 0.120. The number of pyridine rings is 1. The normalized spacial score (nSPS) is 11.0. The van der Waals surface area contributed by atoms with Gasteiger partial charge in [-0.05, 0) is 23.4 Å². The highest BCUT2D eigenvalue weighted by Gasteiger charge is 2.06. The number of rotatable bonds is 2. The number of fused-ring (bicyclic) bond motifs is 1. The zero-order valence-electron chi connectivity index (χ0n) is 8.41. The standard InChI is InChI=1S/C11H13NOS/c1-3-4-8-7-14-10-9(8)5-6-12(2)11(10)13/h5-7H,3-4H2,1-2H3. The zero-order chi connectivity index (χ0) is 10.1. The number of aryl methyl sites for hydroxylation is 2. The van der Waals surface area contributed by atoms with Crippen LogP contribution in [0.2, 0.25) is 0 Å². The Morgan fingerprint density at radius 2 is 2.29 bits per heavy atom. The van der Waals surface area contributed by atoms with Gasteiger partial charge in [0.05, 0.1) is 4.70 Å². The van der Waals surface area contributed by atoms with Crippen LogP contribution < -0.4 is 5.56 Å². The van der Waals surface area contributed by atoms with Crippen molar-refractivity contribution in [2.45, 2.75) is 19.8 Å². The van der Waals surface area contributed by atoms with Crippen molar-refractivity contribution < 1.29 is 0 Å². The minimum absolute atomic E-state index is 0.120. The maximum absolute atomic E-state index is 11.7. The van der Waals surface area contributed by atoms with Crippen LogP contribution in [0.25, 0.3) is 10.1 Å². The molecular weight excluding hydrogens is 194 g/mol. The summed E-state index contributed by atoms with van der Waals surface area (Å²) in [6.45, 7) is 2.16. The molecule has 74 valence electrons. The van der Waals surface area contributed by atoms with Gasteiger partial charge in [0.2, 0.25) is 0 Å². The van der Waals surface area contributed by atoms with Crippen LogP contribution in [-0.4, -0.2) is 4.57 Å². The second-order valence-corrected chi connectivity index (χ2v) is 4.37. The van der Waals surface area contributed by atoms with Gasteiger partial charge in [-0.2, -0.15) is 0 Å². The Labute approximate surface area is 86.8 Å². The summed E-state index contributed by atoms with van der Waals surface area (Å²) in [5.74, 6) is 0. The third-order valence-electron chi connectivity index (χ3n) is 2.41. The van der Waals surface area contributed by atoms with Crippen molar-refractivity contribution in [2.24, 2.45) is 7.05 Å². The number of nitrogens with zero attached hydrogens (tertiary/aromatic N) is 1. The van der Waals surface area contributed by atoms with Gasteiger partial charge in [-0.1, -0.05) is 13.3 Å². The molecule has 14 heavy (non-hydrogen) atoms. The largest absolute Gasteiger partial charge is 0.317 e. The van der Waals surface area contributed by atoms with Gasteiger partial charge in [-0.15, -0.1) is 11.3 Å². The van der Waals surface area contributed by atoms with E-state index in [4.69, 9.17) is 0 Å². The van der Waals surface area contributed by atoms with Crippen LogP contribution in [0.4, 0.5) is 0 Å². The highest BCUT2D eigenvalue weighted by molar-refractivity contribution is 7.17. The fraction of sp³-hybridized carbons (Fsp3) is 0.364. The Bertz CT molecular complexity index is 509. The SMILES string of the molecule is CCCc1csc2c(=O)n(C)ccc12. The van der Waals surface area contributed by atoms with Gasteiger partial charge in [0, 0.05) is 18.6 Å². The quantitative estimate of drug-likeness (QED) is 0.741. The van der Waals surface area contributed by atoms with Gasteiger partial charge in [-0.3, -0.25) is 4.79 Å². The summed E-state index contributed by atoms with van der Waals surface area (Å²) in [5, 5.41) is 3.25. The number of hydrogen-bond acceptors (Lipinski definition) is 2.